The molecule has 4 nitrogen and oxygen atoms in total. The standard InChI is InChI=1S/C17H26N2O2/c1-17(2,3)14-4-6-15(7-5-14)18-9-8-16(20)19-10-12-21-13-11-19/h4-7,18H,8-13H2,1-3H3. The van der Waals surface area contributed by atoms with Crippen molar-refractivity contribution in [2.45, 2.75) is 32.6 Å². The summed E-state index contributed by atoms with van der Waals surface area (Å²) in [6.45, 7) is 10.0. The molecule has 0 aromatic heterocycles. The Balaban J connectivity index is 1.76. The van der Waals surface area contributed by atoms with E-state index in [2.05, 4.69) is 50.4 Å². The van der Waals surface area contributed by atoms with E-state index in [-0.39, 0.29) is 11.3 Å². The van der Waals surface area contributed by atoms with Crippen molar-refractivity contribution in [3.63, 3.8) is 0 Å². The van der Waals surface area contributed by atoms with Gasteiger partial charge in [-0.15, -0.1) is 0 Å². The molecule has 0 bridgehead atoms. The minimum atomic E-state index is 0.171. The number of amides is 1. The van der Waals surface area contributed by atoms with Gasteiger partial charge in [0.05, 0.1) is 13.2 Å². The minimum Gasteiger partial charge on any atom is -0.385 e. The van der Waals surface area contributed by atoms with Gasteiger partial charge in [-0.25, -0.2) is 0 Å². The lowest BCUT2D eigenvalue weighted by Crippen LogP contribution is -2.41. The molecule has 1 saturated heterocycles. The molecule has 1 heterocycles. The maximum atomic E-state index is 12.0. The molecule has 0 unspecified atom stereocenters. The van der Waals surface area contributed by atoms with Gasteiger partial charge in [-0.05, 0) is 23.1 Å². The molecule has 1 aromatic carbocycles. The topological polar surface area (TPSA) is 41.6 Å². The van der Waals surface area contributed by atoms with Crippen molar-refractivity contribution in [1.82, 2.24) is 4.90 Å². The summed E-state index contributed by atoms with van der Waals surface area (Å²) in [7, 11) is 0. The molecule has 1 aromatic rings. The molecule has 21 heavy (non-hydrogen) atoms. The van der Waals surface area contributed by atoms with Gasteiger partial charge in [0.15, 0.2) is 0 Å². The molecule has 1 aliphatic heterocycles. The average molecular weight is 290 g/mol. The van der Waals surface area contributed by atoms with E-state index in [0.29, 0.717) is 26.2 Å². The summed E-state index contributed by atoms with van der Waals surface area (Å²) < 4.78 is 5.25. The molecule has 0 aliphatic carbocycles. The van der Waals surface area contributed by atoms with Crippen LogP contribution < -0.4 is 5.32 Å². The van der Waals surface area contributed by atoms with Crippen LogP contribution in [0.4, 0.5) is 5.69 Å². The summed E-state index contributed by atoms with van der Waals surface area (Å²) in [5, 5.41) is 3.31. The smallest absolute Gasteiger partial charge is 0.224 e. The predicted octanol–water partition coefficient (Wildman–Crippen LogP) is 2.64. The summed E-state index contributed by atoms with van der Waals surface area (Å²) in [5.41, 5.74) is 2.56. The molecule has 4 heteroatoms. The van der Waals surface area contributed by atoms with Gasteiger partial charge >= 0.3 is 0 Å². The second kappa shape index (κ2) is 6.94. The summed E-state index contributed by atoms with van der Waals surface area (Å²) in [6.07, 6.45) is 0.529. The summed E-state index contributed by atoms with van der Waals surface area (Å²) in [4.78, 5) is 13.9. The Morgan fingerprint density at radius 3 is 2.38 bits per heavy atom. The molecule has 1 fully saturated rings. The number of anilines is 1. The monoisotopic (exact) mass is 290 g/mol. The van der Waals surface area contributed by atoms with Crippen molar-refractivity contribution >= 4 is 11.6 Å². The number of carbonyl (C=O) groups excluding carboxylic acids is 1. The number of ether oxygens (including phenoxy) is 1. The Bertz CT molecular complexity index is 457. The molecular formula is C17H26N2O2. The Kier molecular flexibility index (Phi) is 5.23. The van der Waals surface area contributed by atoms with Crippen LogP contribution >= 0.6 is 0 Å². The number of hydrogen-bond donors (Lipinski definition) is 1. The number of rotatable bonds is 4. The van der Waals surface area contributed by atoms with Crippen LogP contribution in [-0.4, -0.2) is 43.7 Å². The van der Waals surface area contributed by atoms with E-state index < -0.39 is 0 Å². The lowest BCUT2D eigenvalue weighted by molar-refractivity contribution is -0.134. The van der Waals surface area contributed by atoms with Crippen LogP contribution in [0.5, 0.6) is 0 Å². The normalized spacial score (nSPS) is 15.9. The van der Waals surface area contributed by atoms with Gasteiger partial charge in [0.25, 0.3) is 0 Å². The highest BCUT2D eigenvalue weighted by Gasteiger charge is 2.16. The van der Waals surface area contributed by atoms with Crippen LogP contribution in [0.2, 0.25) is 0 Å². The van der Waals surface area contributed by atoms with E-state index in [4.69, 9.17) is 4.74 Å². The van der Waals surface area contributed by atoms with Crippen LogP contribution in [0.1, 0.15) is 32.8 Å². The van der Waals surface area contributed by atoms with Crippen molar-refractivity contribution < 1.29 is 9.53 Å². The second-order valence-corrected chi connectivity index (χ2v) is 6.50. The highest BCUT2D eigenvalue weighted by Crippen LogP contribution is 2.23. The van der Waals surface area contributed by atoms with E-state index in [1.807, 2.05) is 4.90 Å². The Labute approximate surface area is 127 Å². The number of hydrogen-bond acceptors (Lipinski definition) is 3. The lowest BCUT2D eigenvalue weighted by atomic mass is 9.87. The molecule has 2 rings (SSSR count). The van der Waals surface area contributed by atoms with Crippen LogP contribution in [0.15, 0.2) is 24.3 Å². The van der Waals surface area contributed by atoms with Crippen LogP contribution in [0.25, 0.3) is 0 Å². The molecule has 0 radical (unpaired) electrons. The summed E-state index contributed by atoms with van der Waals surface area (Å²) in [6, 6.07) is 8.46. The third kappa shape index (κ3) is 4.74. The maximum Gasteiger partial charge on any atom is 0.224 e. The minimum absolute atomic E-state index is 0.171. The molecule has 116 valence electrons. The number of morpholine rings is 1. The third-order valence-electron chi connectivity index (χ3n) is 3.78. The third-order valence-corrected chi connectivity index (χ3v) is 3.78. The zero-order chi connectivity index (χ0) is 15.3. The van der Waals surface area contributed by atoms with E-state index in [1.165, 1.54) is 5.56 Å². The average Bonchev–Trinajstić information content (AvgIpc) is 2.47. The Morgan fingerprint density at radius 2 is 1.81 bits per heavy atom. The highest BCUT2D eigenvalue weighted by molar-refractivity contribution is 5.76. The first-order valence-corrected chi connectivity index (χ1v) is 7.67. The summed E-state index contributed by atoms with van der Waals surface area (Å²) in [5.74, 6) is 0.206. The van der Waals surface area contributed by atoms with Crippen LogP contribution in [0, 0.1) is 0 Å². The molecule has 1 N–H and O–H groups in total. The van der Waals surface area contributed by atoms with Crippen molar-refractivity contribution in [1.29, 1.82) is 0 Å². The predicted molar refractivity (Wildman–Crippen MR) is 85.6 cm³/mol. The van der Waals surface area contributed by atoms with E-state index in [1.54, 1.807) is 0 Å². The number of carbonyl (C=O) groups is 1. The first-order chi connectivity index (χ1) is 9.97. The quantitative estimate of drug-likeness (QED) is 0.927. The largest absolute Gasteiger partial charge is 0.385 e. The first-order valence-electron chi connectivity index (χ1n) is 7.67. The SMILES string of the molecule is CC(C)(C)c1ccc(NCCC(=O)N2CCOCC2)cc1. The first kappa shape index (κ1) is 15.8. The fraction of sp³-hybridized carbons (Fsp3) is 0.588. The van der Waals surface area contributed by atoms with Gasteiger partial charge in [0, 0.05) is 31.7 Å². The number of nitrogens with zero attached hydrogens (tertiary/aromatic N) is 1. The van der Waals surface area contributed by atoms with Crippen molar-refractivity contribution in [2.75, 3.05) is 38.2 Å². The van der Waals surface area contributed by atoms with E-state index in [9.17, 15) is 4.79 Å². The zero-order valence-corrected chi connectivity index (χ0v) is 13.3. The van der Waals surface area contributed by atoms with Crippen LogP contribution in [-0.2, 0) is 14.9 Å². The highest BCUT2D eigenvalue weighted by atomic mass is 16.5. The molecule has 0 saturated carbocycles. The van der Waals surface area contributed by atoms with Crippen molar-refractivity contribution in [3.8, 4) is 0 Å². The maximum absolute atomic E-state index is 12.0. The van der Waals surface area contributed by atoms with E-state index >= 15 is 0 Å². The van der Waals surface area contributed by atoms with Crippen molar-refractivity contribution in [3.05, 3.63) is 29.8 Å². The fourth-order valence-electron chi connectivity index (χ4n) is 2.37. The van der Waals surface area contributed by atoms with Gasteiger partial charge in [-0.3, -0.25) is 4.79 Å². The second-order valence-electron chi connectivity index (χ2n) is 6.50. The van der Waals surface area contributed by atoms with Gasteiger partial charge in [0.1, 0.15) is 0 Å². The summed E-state index contributed by atoms with van der Waals surface area (Å²) >= 11 is 0. The Hall–Kier alpha value is -1.55. The van der Waals surface area contributed by atoms with Crippen LogP contribution in [0.3, 0.4) is 0 Å². The lowest BCUT2D eigenvalue weighted by Gasteiger charge is -2.27. The molecule has 0 atom stereocenters. The zero-order valence-electron chi connectivity index (χ0n) is 13.3. The molecule has 1 aliphatic rings. The van der Waals surface area contributed by atoms with E-state index in [0.717, 1.165) is 18.8 Å². The van der Waals surface area contributed by atoms with Gasteiger partial charge in [-0.1, -0.05) is 32.9 Å². The Morgan fingerprint density at radius 1 is 1.19 bits per heavy atom. The molecular weight excluding hydrogens is 264 g/mol. The van der Waals surface area contributed by atoms with Gasteiger partial charge in [-0.2, -0.15) is 0 Å². The fourth-order valence-corrected chi connectivity index (χ4v) is 2.37. The van der Waals surface area contributed by atoms with Gasteiger partial charge < -0.3 is 15.0 Å². The molecule has 1 amide bonds. The number of benzene rings is 1. The van der Waals surface area contributed by atoms with Gasteiger partial charge in [0.2, 0.25) is 5.91 Å². The number of nitrogens with one attached hydrogen (secondary N) is 1. The van der Waals surface area contributed by atoms with Crippen molar-refractivity contribution in [2.24, 2.45) is 0 Å². The molecule has 0 spiro atoms.